The molecule has 0 atom stereocenters. The Bertz CT molecular complexity index is 252. The molecule has 0 aromatic heterocycles. The van der Waals surface area contributed by atoms with Crippen LogP contribution in [0, 0.1) is 6.92 Å². The van der Waals surface area contributed by atoms with Crippen LogP contribution in [0.4, 0.5) is 0 Å². The van der Waals surface area contributed by atoms with E-state index in [1.54, 1.807) is 0 Å². The third-order valence-electron chi connectivity index (χ3n) is 1.25. The van der Waals surface area contributed by atoms with Gasteiger partial charge in [0.15, 0.2) is 0 Å². The Morgan fingerprint density at radius 1 is 1.36 bits per heavy atom. The minimum absolute atomic E-state index is 0.122. The number of hydrogen-bond acceptors (Lipinski definition) is 3. The van der Waals surface area contributed by atoms with Crippen molar-refractivity contribution in [2.24, 2.45) is 0 Å². The van der Waals surface area contributed by atoms with E-state index in [0.717, 1.165) is 0 Å². The van der Waals surface area contributed by atoms with Crippen molar-refractivity contribution in [3.8, 4) is 0 Å². The maximum absolute atomic E-state index is 10.1. The van der Waals surface area contributed by atoms with Crippen LogP contribution in [-0.4, -0.2) is 0 Å². The summed E-state index contributed by atoms with van der Waals surface area (Å²) in [5, 5.41) is 0. The van der Waals surface area contributed by atoms with Crippen molar-refractivity contribution in [3.05, 3.63) is 29.8 Å². The molecule has 0 N–H and O–H groups in total. The number of rotatable bonds is 3. The van der Waals surface area contributed by atoms with Crippen molar-refractivity contribution in [1.82, 2.24) is 0 Å². The zero-order chi connectivity index (χ0) is 8.10. The van der Waals surface area contributed by atoms with E-state index in [1.807, 2.05) is 31.2 Å². The van der Waals surface area contributed by atoms with Crippen LogP contribution in [0.15, 0.2) is 29.2 Å². The SMILES string of the molecule is Cc1ccccc1SSP=O. The lowest BCUT2D eigenvalue weighted by atomic mass is 10.2. The fourth-order valence-electron chi connectivity index (χ4n) is 0.705. The van der Waals surface area contributed by atoms with Gasteiger partial charge in [0.05, 0.1) is 0 Å². The second-order valence-electron chi connectivity index (χ2n) is 2.00. The van der Waals surface area contributed by atoms with Crippen LogP contribution in [-0.2, 0) is 4.57 Å². The number of benzene rings is 1. The molecule has 58 valence electrons. The zero-order valence-corrected chi connectivity index (χ0v) is 8.51. The van der Waals surface area contributed by atoms with Crippen LogP contribution in [0.25, 0.3) is 0 Å². The summed E-state index contributed by atoms with van der Waals surface area (Å²) in [4.78, 5) is 1.18. The van der Waals surface area contributed by atoms with Gasteiger partial charge in [-0.25, -0.2) is 0 Å². The molecule has 1 nitrogen and oxygen atoms in total. The summed E-state index contributed by atoms with van der Waals surface area (Å²) in [6.07, 6.45) is 0. The van der Waals surface area contributed by atoms with Gasteiger partial charge in [-0.2, -0.15) is 0 Å². The molecule has 0 saturated heterocycles. The lowest BCUT2D eigenvalue weighted by Gasteiger charge is -1.98. The first-order valence-electron chi connectivity index (χ1n) is 3.06. The maximum atomic E-state index is 10.1. The second-order valence-corrected chi connectivity index (χ2v) is 5.64. The maximum Gasteiger partial charge on any atom is 0.238 e. The van der Waals surface area contributed by atoms with Crippen molar-refractivity contribution >= 4 is 28.9 Å². The molecule has 0 amide bonds. The average molecular weight is 202 g/mol. The summed E-state index contributed by atoms with van der Waals surface area (Å²) < 4.78 is 10.1. The highest BCUT2D eigenvalue weighted by Crippen LogP contribution is 2.40. The van der Waals surface area contributed by atoms with E-state index >= 15 is 0 Å². The summed E-state index contributed by atoms with van der Waals surface area (Å²) in [6, 6.07) is 8.05. The predicted octanol–water partition coefficient (Wildman–Crippen LogP) is 3.94. The van der Waals surface area contributed by atoms with Gasteiger partial charge in [0.2, 0.25) is 7.66 Å². The Labute approximate surface area is 75.3 Å². The molecule has 0 aliphatic carbocycles. The fraction of sp³-hybridized carbons (Fsp3) is 0.143. The molecule has 11 heavy (non-hydrogen) atoms. The molecule has 0 aliphatic rings. The van der Waals surface area contributed by atoms with Crippen molar-refractivity contribution in [2.45, 2.75) is 11.8 Å². The van der Waals surface area contributed by atoms with E-state index in [2.05, 4.69) is 0 Å². The molecule has 1 aromatic carbocycles. The minimum atomic E-state index is 0.122. The third-order valence-corrected chi connectivity index (χ3v) is 4.19. The summed E-state index contributed by atoms with van der Waals surface area (Å²) in [6.45, 7) is 2.05. The molecule has 0 heterocycles. The predicted molar refractivity (Wildman–Crippen MR) is 52.2 cm³/mol. The standard InChI is InChI=1S/C7H7OPS2/c1-6-4-2-3-5-7(6)10-11-9-8/h2-5H,1H3. The molecule has 4 heteroatoms. The van der Waals surface area contributed by atoms with Gasteiger partial charge in [-0.1, -0.05) is 18.2 Å². The largest absolute Gasteiger partial charge is 0.261 e. The average Bonchev–Trinajstić information content (AvgIpc) is 2.03. The summed E-state index contributed by atoms with van der Waals surface area (Å²) in [5.74, 6) is 0. The van der Waals surface area contributed by atoms with Crippen LogP contribution in [0.5, 0.6) is 0 Å². The molecule has 0 unspecified atom stereocenters. The third kappa shape index (κ3) is 2.86. The summed E-state index contributed by atoms with van der Waals surface area (Å²) in [7, 11) is 2.97. The van der Waals surface area contributed by atoms with E-state index in [9.17, 15) is 4.57 Å². The highest BCUT2D eigenvalue weighted by Gasteiger charge is 1.96. The molecular formula is C7H7OPS2. The quantitative estimate of drug-likeness (QED) is 0.545. The van der Waals surface area contributed by atoms with Crippen LogP contribution < -0.4 is 0 Å². The van der Waals surface area contributed by atoms with Crippen LogP contribution in [0.3, 0.4) is 0 Å². The Morgan fingerprint density at radius 2 is 2.09 bits per heavy atom. The summed E-state index contributed by atoms with van der Waals surface area (Å²) in [5.41, 5.74) is 1.23. The first kappa shape index (κ1) is 9.11. The summed E-state index contributed by atoms with van der Waals surface area (Å²) >= 11 is 0. The van der Waals surface area contributed by atoms with Crippen molar-refractivity contribution in [2.75, 3.05) is 0 Å². The number of aryl methyl sites for hydroxylation is 1. The van der Waals surface area contributed by atoms with E-state index < -0.39 is 0 Å². The Morgan fingerprint density at radius 3 is 2.73 bits per heavy atom. The van der Waals surface area contributed by atoms with Crippen molar-refractivity contribution < 1.29 is 4.57 Å². The van der Waals surface area contributed by atoms with Gasteiger partial charge in [-0.3, -0.25) is 4.57 Å². The van der Waals surface area contributed by atoms with Gasteiger partial charge >= 0.3 is 0 Å². The van der Waals surface area contributed by atoms with Gasteiger partial charge in [-0.05, 0) is 29.3 Å². The van der Waals surface area contributed by atoms with Gasteiger partial charge < -0.3 is 0 Å². The highest BCUT2D eigenvalue weighted by atomic mass is 33.3. The molecular weight excluding hydrogens is 195 g/mol. The Kier molecular flexibility index (Phi) is 3.98. The smallest absolute Gasteiger partial charge is 0.238 e. The van der Waals surface area contributed by atoms with Gasteiger partial charge in [0.1, 0.15) is 0 Å². The molecule has 0 radical (unpaired) electrons. The monoisotopic (exact) mass is 202 g/mol. The van der Waals surface area contributed by atoms with Crippen molar-refractivity contribution in [3.63, 3.8) is 0 Å². The van der Waals surface area contributed by atoms with Gasteiger partial charge in [0, 0.05) is 15.3 Å². The molecule has 0 aliphatic heterocycles. The zero-order valence-electron chi connectivity index (χ0n) is 5.98. The van der Waals surface area contributed by atoms with E-state index in [4.69, 9.17) is 0 Å². The minimum Gasteiger partial charge on any atom is -0.261 e. The normalized spacial score (nSPS) is 10.3. The van der Waals surface area contributed by atoms with E-state index in [1.165, 1.54) is 31.7 Å². The molecule has 0 spiro atoms. The second kappa shape index (κ2) is 4.81. The fourth-order valence-corrected chi connectivity index (χ4v) is 3.04. The molecule has 1 aromatic rings. The van der Waals surface area contributed by atoms with Crippen molar-refractivity contribution in [1.29, 1.82) is 0 Å². The van der Waals surface area contributed by atoms with Gasteiger partial charge in [-0.15, -0.1) is 0 Å². The van der Waals surface area contributed by atoms with E-state index in [0.29, 0.717) is 0 Å². The molecule has 0 fully saturated rings. The van der Waals surface area contributed by atoms with Gasteiger partial charge in [0.25, 0.3) is 0 Å². The topological polar surface area (TPSA) is 17.1 Å². The lowest BCUT2D eigenvalue weighted by molar-refractivity contribution is 0.605. The van der Waals surface area contributed by atoms with Crippen LogP contribution in [0.1, 0.15) is 5.56 Å². The Hall–Kier alpha value is 0.0200. The first-order chi connectivity index (χ1) is 5.34. The van der Waals surface area contributed by atoms with Crippen LogP contribution >= 0.6 is 28.9 Å². The molecule has 0 bridgehead atoms. The van der Waals surface area contributed by atoms with Crippen LogP contribution in [0.2, 0.25) is 0 Å². The first-order valence-corrected chi connectivity index (χ1v) is 6.63. The molecule has 1 rings (SSSR count). The van der Waals surface area contributed by atoms with E-state index in [-0.39, 0.29) is 7.66 Å². The highest BCUT2D eigenvalue weighted by molar-refractivity contribution is 8.94. The lowest BCUT2D eigenvalue weighted by Crippen LogP contribution is -1.73. The number of hydrogen-bond donors (Lipinski definition) is 0. The Balaban J connectivity index is 2.69. The molecule has 0 saturated carbocycles.